The fourth-order valence-corrected chi connectivity index (χ4v) is 3.45. The molecule has 28 heavy (non-hydrogen) atoms. The van der Waals surface area contributed by atoms with Gasteiger partial charge in [-0.25, -0.2) is 9.59 Å². The highest BCUT2D eigenvalue weighted by Crippen LogP contribution is 2.40. The Hall–Kier alpha value is -3.00. The second-order valence-electron chi connectivity index (χ2n) is 5.96. The molecular formula is C20H19BrN2O5. The monoisotopic (exact) mass is 446 g/mol. The highest BCUT2D eigenvalue weighted by molar-refractivity contribution is 9.10. The van der Waals surface area contributed by atoms with E-state index < -0.39 is 18.0 Å². The molecule has 2 amide bonds. The fraction of sp³-hybridized carbons (Fsp3) is 0.200. The molecule has 1 heterocycles. The molecule has 0 saturated heterocycles. The summed E-state index contributed by atoms with van der Waals surface area (Å²) in [6.45, 7) is 1.90. The lowest BCUT2D eigenvalue weighted by Gasteiger charge is -2.30. The van der Waals surface area contributed by atoms with E-state index in [1.165, 1.54) is 7.11 Å². The zero-order valence-electron chi connectivity index (χ0n) is 15.3. The first-order valence-corrected chi connectivity index (χ1v) is 9.36. The van der Waals surface area contributed by atoms with Crippen LogP contribution in [0, 0.1) is 0 Å². The van der Waals surface area contributed by atoms with Gasteiger partial charge in [-0.05, 0) is 46.1 Å². The number of benzene rings is 2. The summed E-state index contributed by atoms with van der Waals surface area (Å²) in [5.41, 5.74) is 1.85. The predicted molar refractivity (Wildman–Crippen MR) is 107 cm³/mol. The third-order valence-electron chi connectivity index (χ3n) is 4.23. The van der Waals surface area contributed by atoms with Gasteiger partial charge < -0.3 is 25.2 Å². The van der Waals surface area contributed by atoms with Gasteiger partial charge in [0.1, 0.15) is 0 Å². The largest absolute Gasteiger partial charge is 0.503 e. The number of aromatic hydroxyl groups is 1. The molecule has 2 aromatic carbocycles. The Bertz CT molecular complexity index is 943. The van der Waals surface area contributed by atoms with Gasteiger partial charge in [0.2, 0.25) is 0 Å². The highest BCUT2D eigenvalue weighted by atomic mass is 79.9. The molecule has 0 fully saturated rings. The maximum atomic E-state index is 12.8. The summed E-state index contributed by atoms with van der Waals surface area (Å²) < 4.78 is 10.8. The Labute approximate surface area is 170 Å². The summed E-state index contributed by atoms with van der Waals surface area (Å²) in [7, 11) is 1.42. The number of amides is 2. The van der Waals surface area contributed by atoms with Gasteiger partial charge in [0.25, 0.3) is 0 Å². The van der Waals surface area contributed by atoms with Crippen molar-refractivity contribution >= 4 is 33.6 Å². The van der Waals surface area contributed by atoms with E-state index in [9.17, 15) is 14.7 Å². The normalized spacial score (nSPS) is 16.2. The summed E-state index contributed by atoms with van der Waals surface area (Å²) in [6.07, 6.45) is 0. The van der Waals surface area contributed by atoms with Gasteiger partial charge in [0.15, 0.2) is 11.5 Å². The fourth-order valence-electron chi connectivity index (χ4n) is 2.99. The topological polar surface area (TPSA) is 96.9 Å². The summed E-state index contributed by atoms with van der Waals surface area (Å²) in [6, 6.07) is 11.0. The molecule has 1 atom stereocenters. The zero-order valence-corrected chi connectivity index (χ0v) is 16.9. The molecule has 7 nitrogen and oxygen atoms in total. The van der Waals surface area contributed by atoms with Gasteiger partial charge in [0, 0.05) is 0 Å². The third kappa shape index (κ3) is 3.82. The van der Waals surface area contributed by atoms with Crippen LogP contribution in [0.2, 0.25) is 0 Å². The van der Waals surface area contributed by atoms with Crippen molar-refractivity contribution in [3.63, 3.8) is 0 Å². The Morgan fingerprint density at radius 3 is 2.61 bits per heavy atom. The number of hydrogen-bond donors (Lipinski definition) is 3. The maximum Gasteiger partial charge on any atom is 0.338 e. The zero-order chi connectivity index (χ0) is 20.3. The highest BCUT2D eigenvalue weighted by Gasteiger charge is 2.35. The lowest BCUT2D eigenvalue weighted by atomic mass is 9.92. The average Bonchev–Trinajstić information content (AvgIpc) is 2.70. The van der Waals surface area contributed by atoms with Crippen LogP contribution in [0.5, 0.6) is 11.5 Å². The van der Waals surface area contributed by atoms with E-state index in [1.54, 1.807) is 31.2 Å². The Morgan fingerprint density at radius 1 is 1.25 bits per heavy atom. The Kier molecular flexibility index (Phi) is 5.89. The van der Waals surface area contributed by atoms with Crippen molar-refractivity contribution in [1.82, 2.24) is 10.6 Å². The number of methoxy groups -OCH3 is 1. The number of nitrogens with one attached hydrogen (secondary N) is 2. The smallest absolute Gasteiger partial charge is 0.338 e. The number of carbonyl (C=O) groups excluding carboxylic acids is 2. The molecular weight excluding hydrogens is 428 g/mol. The van der Waals surface area contributed by atoms with Crippen molar-refractivity contribution in [1.29, 1.82) is 0 Å². The molecule has 2 aromatic rings. The van der Waals surface area contributed by atoms with Gasteiger partial charge >= 0.3 is 12.0 Å². The Balaban J connectivity index is 2.22. The van der Waals surface area contributed by atoms with Crippen LogP contribution in [-0.2, 0) is 9.53 Å². The third-order valence-corrected chi connectivity index (χ3v) is 4.84. The number of halogens is 1. The lowest BCUT2D eigenvalue weighted by Crippen LogP contribution is -2.45. The molecule has 8 heteroatoms. The molecule has 3 N–H and O–H groups in total. The molecule has 146 valence electrons. The number of phenolic OH excluding ortho intramolecular Hbond substituents is 1. The van der Waals surface area contributed by atoms with Crippen molar-refractivity contribution in [2.75, 3.05) is 13.7 Å². The number of carbonyl (C=O) groups is 2. The van der Waals surface area contributed by atoms with Crippen molar-refractivity contribution < 1.29 is 24.2 Å². The van der Waals surface area contributed by atoms with Crippen LogP contribution in [0.25, 0.3) is 5.70 Å². The molecule has 0 aliphatic carbocycles. The predicted octanol–water partition coefficient (Wildman–Crippen LogP) is 3.49. The summed E-state index contributed by atoms with van der Waals surface area (Å²) >= 11 is 3.28. The first-order chi connectivity index (χ1) is 13.5. The van der Waals surface area contributed by atoms with E-state index in [0.29, 0.717) is 21.3 Å². The minimum atomic E-state index is -0.797. The van der Waals surface area contributed by atoms with E-state index in [0.717, 1.165) is 0 Å². The van der Waals surface area contributed by atoms with Crippen molar-refractivity contribution in [3.05, 3.63) is 63.6 Å². The van der Waals surface area contributed by atoms with Gasteiger partial charge in [-0.1, -0.05) is 30.3 Å². The number of rotatable bonds is 5. The van der Waals surface area contributed by atoms with E-state index in [2.05, 4.69) is 26.6 Å². The summed E-state index contributed by atoms with van der Waals surface area (Å²) in [5.74, 6) is -0.417. The van der Waals surface area contributed by atoms with Gasteiger partial charge in [-0.2, -0.15) is 0 Å². The van der Waals surface area contributed by atoms with E-state index in [1.807, 2.05) is 18.2 Å². The molecule has 1 aliphatic rings. The van der Waals surface area contributed by atoms with Crippen LogP contribution in [0.4, 0.5) is 4.79 Å². The number of urea groups is 1. The molecule has 0 saturated carbocycles. The average molecular weight is 447 g/mol. The van der Waals surface area contributed by atoms with Gasteiger partial charge in [-0.15, -0.1) is 0 Å². The maximum absolute atomic E-state index is 12.8. The molecule has 0 spiro atoms. The minimum Gasteiger partial charge on any atom is -0.503 e. The van der Waals surface area contributed by atoms with Crippen LogP contribution in [0.3, 0.4) is 0 Å². The van der Waals surface area contributed by atoms with E-state index in [-0.39, 0.29) is 23.7 Å². The van der Waals surface area contributed by atoms with Crippen molar-refractivity contribution in [3.8, 4) is 11.5 Å². The Morgan fingerprint density at radius 2 is 1.96 bits per heavy atom. The number of phenols is 1. The first-order valence-electron chi connectivity index (χ1n) is 8.56. The molecule has 0 radical (unpaired) electrons. The van der Waals surface area contributed by atoms with Crippen LogP contribution in [0.1, 0.15) is 24.1 Å². The second-order valence-corrected chi connectivity index (χ2v) is 6.81. The molecule has 3 rings (SSSR count). The SMILES string of the molecule is CCOC(=O)C1=C(c2ccccc2)NC(=O)N[C@@H]1c1cc(Br)c(O)c(OC)c1. The number of hydrogen-bond acceptors (Lipinski definition) is 5. The number of ether oxygens (including phenoxy) is 2. The second kappa shape index (κ2) is 8.35. The quantitative estimate of drug-likeness (QED) is 0.610. The summed E-state index contributed by atoms with van der Waals surface area (Å²) in [5, 5.41) is 15.6. The minimum absolute atomic E-state index is 0.0727. The van der Waals surface area contributed by atoms with Crippen LogP contribution in [-0.4, -0.2) is 30.8 Å². The van der Waals surface area contributed by atoms with E-state index >= 15 is 0 Å². The van der Waals surface area contributed by atoms with Crippen LogP contribution in [0.15, 0.2) is 52.5 Å². The van der Waals surface area contributed by atoms with E-state index in [4.69, 9.17) is 9.47 Å². The van der Waals surface area contributed by atoms with Crippen LogP contribution >= 0.6 is 15.9 Å². The van der Waals surface area contributed by atoms with Gasteiger partial charge in [0.05, 0.1) is 35.5 Å². The number of esters is 1. The van der Waals surface area contributed by atoms with Gasteiger partial charge in [-0.3, -0.25) is 0 Å². The molecule has 1 aliphatic heterocycles. The molecule has 0 unspecified atom stereocenters. The molecule has 0 aromatic heterocycles. The summed E-state index contributed by atoms with van der Waals surface area (Å²) in [4.78, 5) is 25.2. The molecule has 0 bridgehead atoms. The lowest BCUT2D eigenvalue weighted by molar-refractivity contribution is -0.138. The standard InChI is InChI=1S/C20H19BrN2O5/c1-3-28-19(25)15-16(11-7-5-4-6-8-11)22-20(26)23-17(15)12-9-13(21)18(24)14(10-12)27-2/h4-10,17,24H,3H2,1-2H3,(H2,22,23,26)/t17-/m1/s1. The van der Waals surface area contributed by atoms with Crippen molar-refractivity contribution in [2.24, 2.45) is 0 Å². The van der Waals surface area contributed by atoms with Crippen molar-refractivity contribution in [2.45, 2.75) is 13.0 Å². The first kappa shape index (κ1) is 19.8. The van der Waals surface area contributed by atoms with Crippen LogP contribution < -0.4 is 15.4 Å².